The van der Waals surface area contributed by atoms with Gasteiger partial charge >= 0.3 is 6.18 Å². The third kappa shape index (κ3) is 4.50. The highest BCUT2D eigenvalue weighted by Crippen LogP contribution is 2.36. The number of nitrogens with zero attached hydrogens (tertiary/aromatic N) is 2. The number of piperidine rings is 1. The number of halogens is 3. The van der Waals surface area contributed by atoms with Gasteiger partial charge in [-0.05, 0) is 25.0 Å². The van der Waals surface area contributed by atoms with Crippen LogP contribution in [-0.4, -0.2) is 50.4 Å². The molecule has 146 valence electrons. The lowest BCUT2D eigenvalue weighted by atomic mass is 9.95. The summed E-state index contributed by atoms with van der Waals surface area (Å²) in [6.07, 6.45) is -2.47. The van der Waals surface area contributed by atoms with Gasteiger partial charge in [0, 0.05) is 38.3 Å². The van der Waals surface area contributed by atoms with Crippen molar-refractivity contribution < 1.29 is 22.7 Å². The van der Waals surface area contributed by atoms with Gasteiger partial charge in [0.05, 0.1) is 29.3 Å². The maximum atomic E-state index is 12.9. The molecule has 1 aliphatic rings. The molecule has 3 rings (SSSR count). The van der Waals surface area contributed by atoms with Crippen LogP contribution < -0.4 is 10.2 Å². The van der Waals surface area contributed by atoms with Crippen molar-refractivity contribution in [3.8, 4) is 0 Å². The van der Waals surface area contributed by atoms with E-state index < -0.39 is 12.1 Å². The molecule has 27 heavy (non-hydrogen) atoms. The Kier molecular flexibility index (Phi) is 5.84. The summed E-state index contributed by atoms with van der Waals surface area (Å²) in [5, 5.41) is 3.52. The first-order chi connectivity index (χ1) is 12.9. The standard InChI is InChI=1S/C19H22F3N3O2/c1-27-10-7-23-18(26)14-11-13-3-2-4-16(17(13)24-12-14)25-8-5-15(6-9-25)19(20,21)22/h2-4,11-12,15H,5-10H2,1H3,(H,23,26). The summed E-state index contributed by atoms with van der Waals surface area (Å²) < 4.78 is 43.5. The summed E-state index contributed by atoms with van der Waals surface area (Å²) in [6, 6.07) is 7.29. The van der Waals surface area contributed by atoms with Crippen LogP contribution in [0.15, 0.2) is 30.5 Å². The number of amides is 1. The zero-order valence-electron chi connectivity index (χ0n) is 15.1. The minimum Gasteiger partial charge on any atom is -0.383 e. The number of anilines is 1. The largest absolute Gasteiger partial charge is 0.391 e. The van der Waals surface area contributed by atoms with Crippen LogP contribution in [0.1, 0.15) is 23.2 Å². The number of aromatic nitrogens is 1. The number of benzene rings is 1. The van der Waals surface area contributed by atoms with Gasteiger partial charge in [-0.25, -0.2) is 0 Å². The third-order valence-corrected chi connectivity index (χ3v) is 4.84. The lowest BCUT2D eigenvalue weighted by molar-refractivity contribution is -0.179. The summed E-state index contributed by atoms with van der Waals surface area (Å²) in [4.78, 5) is 18.5. The smallest absolute Gasteiger partial charge is 0.383 e. The molecule has 0 spiro atoms. The Morgan fingerprint density at radius 1 is 1.33 bits per heavy atom. The lowest BCUT2D eigenvalue weighted by Crippen LogP contribution is -2.39. The zero-order chi connectivity index (χ0) is 19.4. The Morgan fingerprint density at radius 3 is 2.74 bits per heavy atom. The topological polar surface area (TPSA) is 54.5 Å². The average molecular weight is 381 g/mol. The average Bonchev–Trinajstić information content (AvgIpc) is 2.66. The molecule has 1 fully saturated rings. The van der Waals surface area contributed by atoms with Crippen molar-refractivity contribution in [3.63, 3.8) is 0 Å². The molecule has 1 N–H and O–H groups in total. The molecule has 0 radical (unpaired) electrons. The number of hydrogen-bond donors (Lipinski definition) is 1. The summed E-state index contributed by atoms with van der Waals surface area (Å²) in [5.74, 6) is -1.48. The first-order valence-electron chi connectivity index (χ1n) is 8.87. The number of ether oxygens (including phenoxy) is 1. The van der Waals surface area contributed by atoms with E-state index >= 15 is 0 Å². The van der Waals surface area contributed by atoms with Crippen molar-refractivity contribution in [1.29, 1.82) is 0 Å². The molecule has 1 amide bonds. The van der Waals surface area contributed by atoms with Crippen molar-refractivity contribution in [2.24, 2.45) is 5.92 Å². The predicted molar refractivity (Wildman–Crippen MR) is 96.9 cm³/mol. The molecular weight excluding hydrogens is 359 g/mol. The van der Waals surface area contributed by atoms with E-state index in [0.29, 0.717) is 37.3 Å². The van der Waals surface area contributed by atoms with E-state index in [2.05, 4.69) is 10.3 Å². The molecule has 2 heterocycles. The number of para-hydroxylation sites is 1. The third-order valence-electron chi connectivity index (χ3n) is 4.84. The molecule has 1 saturated heterocycles. The van der Waals surface area contributed by atoms with Gasteiger partial charge in [0.2, 0.25) is 0 Å². The summed E-state index contributed by atoms with van der Waals surface area (Å²) >= 11 is 0. The first kappa shape index (κ1) is 19.4. The fraction of sp³-hybridized carbons (Fsp3) is 0.474. The monoisotopic (exact) mass is 381 g/mol. The maximum Gasteiger partial charge on any atom is 0.391 e. The molecule has 0 bridgehead atoms. The predicted octanol–water partition coefficient (Wildman–Crippen LogP) is 3.39. The summed E-state index contributed by atoms with van der Waals surface area (Å²) in [5.41, 5.74) is 1.93. The number of methoxy groups -OCH3 is 1. The molecule has 1 aromatic heterocycles. The number of nitrogens with one attached hydrogen (secondary N) is 1. The van der Waals surface area contributed by atoms with Gasteiger partial charge in [-0.3, -0.25) is 9.78 Å². The van der Waals surface area contributed by atoms with Crippen LogP contribution in [0.5, 0.6) is 0 Å². The molecular formula is C19H22F3N3O2. The van der Waals surface area contributed by atoms with Crippen LogP contribution >= 0.6 is 0 Å². The fourth-order valence-corrected chi connectivity index (χ4v) is 3.34. The first-order valence-corrected chi connectivity index (χ1v) is 8.87. The molecule has 0 saturated carbocycles. The number of rotatable bonds is 5. The van der Waals surface area contributed by atoms with Gasteiger partial charge in [0.25, 0.3) is 5.91 Å². The molecule has 0 unspecified atom stereocenters. The van der Waals surface area contributed by atoms with Crippen molar-refractivity contribution >= 4 is 22.5 Å². The number of hydrogen-bond acceptors (Lipinski definition) is 4. The van der Waals surface area contributed by atoms with E-state index in [-0.39, 0.29) is 18.7 Å². The quantitative estimate of drug-likeness (QED) is 0.807. The van der Waals surface area contributed by atoms with E-state index in [1.807, 2.05) is 23.1 Å². The van der Waals surface area contributed by atoms with Crippen molar-refractivity contribution in [2.75, 3.05) is 38.3 Å². The van der Waals surface area contributed by atoms with Gasteiger partial charge in [-0.1, -0.05) is 12.1 Å². The number of fused-ring (bicyclic) bond motifs is 1. The molecule has 1 aromatic carbocycles. The Bertz CT molecular complexity index is 802. The van der Waals surface area contributed by atoms with E-state index in [4.69, 9.17) is 4.74 Å². The number of carbonyl (C=O) groups excluding carboxylic acids is 1. The van der Waals surface area contributed by atoms with Crippen molar-refractivity contribution in [2.45, 2.75) is 19.0 Å². The maximum absolute atomic E-state index is 12.9. The molecule has 1 aliphatic heterocycles. The van der Waals surface area contributed by atoms with Gasteiger partial charge < -0.3 is 15.0 Å². The Balaban J connectivity index is 1.77. The van der Waals surface area contributed by atoms with Crippen LogP contribution in [0.4, 0.5) is 18.9 Å². The van der Waals surface area contributed by atoms with E-state index in [1.54, 1.807) is 13.2 Å². The summed E-state index contributed by atoms with van der Waals surface area (Å²) in [6.45, 7) is 1.50. The fourth-order valence-electron chi connectivity index (χ4n) is 3.34. The SMILES string of the molecule is COCCNC(=O)c1cnc2c(N3CCC(C(F)(F)F)CC3)cccc2c1. The van der Waals surface area contributed by atoms with Crippen LogP contribution in [0, 0.1) is 5.92 Å². The Morgan fingerprint density at radius 2 is 2.07 bits per heavy atom. The Hall–Kier alpha value is -2.35. The minimum absolute atomic E-state index is 0.0832. The number of pyridine rings is 1. The highest BCUT2D eigenvalue weighted by atomic mass is 19.4. The van der Waals surface area contributed by atoms with E-state index in [0.717, 1.165) is 11.1 Å². The highest BCUT2D eigenvalue weighted by Gasteiger charge is 2.41. The molecule has 8 heteroatoms. The second kappa shape index (κ2) is 8.12. The van der Waals surface area contributed by atoms with Gasteiger partial charge in [0.15, 0.2) is 0 Å². The Labute approximate surface area is 155 Å². The zero-order valence-corrected chi connectivity index (χ0v) is 15.1. The van der Waals surface area contributed by atoms with Crippen LogP contribution in [0.25, 0.3) is 10.9 Å². The van der Waals surface area contributed by atoms with Crippen LogP contribution in [-0.2, 0) is 4.74 Å². The minimum atomic E-state index is -4.13. The molecule has 0 aliphatic carbocycles. The molecule has 5 nitrogen and oxygen atoms in total. The highest BCUT2D eigenvalue weighted by molar-refractivity contribution is 5.99. The van der Waals surface area contributed by atoms with Gasteiger partial charge in [0.1, 0.15) is 0 Å². The molecule has 0 atom stereocenters. The number of carbonyl (C=O) groups is 1. The van der Waals surface area contributed by atoms with Gasteiger partial charge in [-0.2, -0.15) is 13.2 Å². The lowest BCUT2D eigenvalue weighted by Gasteiger charge is -2.34. The van der Waals surface area contributed by atoms with E-state index in [1.165, 1.54) is 6.20 Å². The molecule has 2 aromatic rings. The van der Waals surface area contributed by atoms with Crippen molar-refractivity contribution in [1.82, 2.24) is 10.3 Å². The van der Waals surface area contributed by atoms with Crippen molar-refractivity contribution in [3.05, 3.63) is 36.0 Å². The second-order valence-electron chi connectivity index (χ2n) is 6.62. The van der Waals surface area contributed by atoms with Crippen LogP contribution in [0.3, 0.4) is 0 Å². The second-order valence-corrected chi connectivity index (χ2v) is 6.62. The van der Waals surface area contributed by atoms with Gasteiger partial charge in [-0.15, -0.1) is 0 Å². The number of alkyl halides is 3. The van der Waals surface area contributed by atoms with E-state index in [9.17, 15) is 18.0 Å². The summed E-state index contributed by atoms with van der Waals surface area (Å²) in [7, 11) is 1.56. The normalized spacial score (nSPS) is 15.9. The van der Waals surface area contributed by atoms with Crippen LogP contribution in [0.2, 0.25) is 0 Å².